The van der Waals surface area contributed by atoms with Crippen molar-refractivity contribution in [3.8, 4) is 0 Å². The zero-order valence-corrected chi connectivity index (χ0v) is 10.6. The highest BCUT2D eigenvalue weighted by Crippen LogP contribution is 2.02. The number of esters is 1. The molecule has 0 spiro atoms. The third-order valence-electron chi connectivity index (χ3n) is 2.20. The Hall–Kier alpha value is -1.05. The smallest absolute Gasteiger partial charge is 0.302 e. The lowest BCUT2D eigenvalue weighted by Crippen LogP contribution is -1.98. The Kier molecular flexibility index (Phi) is 11.2. The van der Waals surface area contributed by atoms with Crippen LogP contribution in [0.3, 0.4) is 0 Å². The molecule has 0 unspecified atom stereocenters. The van der Waals surface area contributed by atoms with Crippen molar-refractivity contribution in [1.29, 1.82) is 0 Å². The molecule has 92 valence electrons. The molecule has 0 heterocycles. The molecule has 0 radical (unpaired) electrons. The van der Waals surface area contributed by atoms with Crippen LogP contribution in [0.4, 0.5) is 0 Å². The summed E-state index contributed by atoms with van der Waals surface area (Å²) >= 11 is 0. The molecule has 16 heavy (non-hydrogen) atoms. The van der Waals surface area contributed by atoms with Crippen molar-refractivity contribution in [2.45, 2.75) is 52.4 Å². The molecule has 0 bridgehead atoms. The van der Waals surface area contributed by atoms with E-state index in [2.05, 4.69) is 19.1 Å². The first-order valence-corrected chi connectivity index (χ1v) is 6.22. The minimum absolute atomic E-state index is 0.208. The van der Waals surface area contributed by atoms with E-state index in [0.29, 0.717) is 6.61 Å². The third-order valence-corrected chi connectivity index (χ3v) is 2.20. The molecule has 2 nitrogen and oxygen atoms in total. The van der Waals surface area contributed by atoms with Crippen molar-refractivity contribution in [3.05, 3.63) is 24.3 Å². The number of hydrogen-bond acceptors (Lipinski definition) is 2. The standard InChI is InChI=1S/C14H24O2/c1-3-4-5-6-7-8-9-10-11-12-13-16-14(2)15/h8-11H,3-7,12-13H2,1-2H3/b9-8+,11-10-. The maximum absolute atomic E-state index is 10.4. The van der Waals surface area contributed by atoms with Gasteiger partial charge in [0.25, 0.3) is 0 Å². The molecular formula is C14H24O2. The van der Waals surface area contributed by atoms with Crippen LogP contribution in [0, 0.1) is 0 Å². The first-order valence-electron chi connectivity index (χ1n) is 6.22. The molecule has 0 aromatic carbocycles. The van der Waals surface area contributed by atoms with E-state index in [1.807, 2.05) is 12.2 Å². The molecular weight excluding hydrogens is 200 g/mol. The molecule has 0 saturated carbocycles. The fourth-order valence-corrected chi connectivity index (χ4v) is 1.31. The number of unbranched alkanes of at least 4 members (excludes halogenated alkanes) is 4. The van der Waals surface area contributed by atoms with Crippen molar-refractivity contribution in [2.75, 3.05) is 6.61 Å². The van der Waals surface area contributed by atoms with Crippen molar-refractivity contribution in [3.63, 3.8) is 0 Å². The van der Waals surface area contributed by atoms with Crippen LogP contribution in [0.25, 0.3) is 0 Å². The summed E-state index contributed by atoms with van der Waals surface area (Å²) in [6.07, 6.45) is 15.5. The molecule has 0 aromatic rings. The number of carbonyl (C=O) groups excluding carboxylic acids is 1. The predicted octanol–water partition coefficient (Wildman–Crippen LogP) is 4.02. The van der Waals surface area contributed by atoms with Crippen LogP contribution >= 0.6 is 0 Å². The quantitative estimate of drug-likeness (QED) is 0.336. The first-order chi connectivity index (χ1) is 7.77. The average Bonchev–Trinajstić information content (AvgIpc) is 2.25. The SMILES string of the molecule is CCCCCC/C=C/C=C\CCOC(C)=O. The molecule has 0 atom stereocenters. The number of hydrogen-bond donors (Lipinski definition) is 0. The monoisotopic (exact) mass is 224 g/mol. The van der Waals surface area contributed by atoms with Gasteiger partial charge in [0, 0.05) is 6.92 Å². The van der Waals surface area contributed by atoms with Crippen molar-refractivity contribution >= 4 is 5.97 Å². The van der Waals surface area contributed by atoms with Gasteiger partial charge in [0.1, 0.15) is 0 Å². The maximum atomic E-state index is 10.4. The number of rotatable bonds is 9. The summed E-state index contributed by atoms with van der Waals surface area (Å²) in [4.78, 5) is 10.4. The molecule has 0 fully saturated rings. The van der Waals surface area contributed by atoms with Gasteiger partial charge in [-0.15, -0.1) is 0 Å². The predicted molar refractivity (Wildman–Crippen MR) is 68.3 cm³/mol. The normalized spacial score (nSPS) is 11.4. The van der Waals surface area contributed by atoms with E-state index in [-0.39, 0.29) is 5.97 Å². The van der Waals surface area contributed by atoms with Crippen LogP contribution in [-0.2, 0) is 9.53 Å². The second-order valence-electron chi connectivity index (χ2n) is 3.83. The topological polar surface area (TPSA) is 26.3 Å². The van der Waals surface area contributed by atoms with Crippen LogP contribution < -0.4 is 0 Å². The average molecular weight is 224 g/mol. The summed E-state index contributed by atoms with van der Waals surface area (Å²) in [5.74, 6) is -0.208. The molecule has 0 N–H and O–H groups in total. The van der Waals surface area contributed by atoms with Gasteiger partial charge < -0.3 is 4.74 Å². The van der Waals surface area contributed by atoms with E-state index in [1.165, 1.54) is 32.6 Å². The minimum Gasteiger partial charge on any atom is -0.466 e. The summed E-state index contributed by atoms with van der Waals surface area (Å²) in [6, 6.07) is 0. The molecule has 0 aliphatic rings. The lowest BCUT2D eigenvalue weighted by molar-refractivity contribution is -0.140. The fraction of sp³-hybridized carbons (Fsp3) is 0.643. The first kappa shape index (κ1) is 14.9. The molecule has 2 heteroatoms. The van der Waals surface area contributed by atoms with E-state index in [9.17, 15) is 4.79 Å². The summed E-state index contributed by atoms with van der Waals surface area (Å²) in [6.45, 7) is 4.14. The van der Waals surface area contributed by atoms with E-state index >= 15 is 0 Å². The summed E-state index contributed by atoms with van der Waals surface area (Å²) in [5.41, 5.74) is 0. The van der Waals surface area contributed by atoms with Crippen molar-refractivity contribution in [2.24, 2.45) is 0 Å². The van der Waals surface area contributed by atoms with Crippen LogP contribution in [0.5, 0.6) is 0 Å². The van der Waals surface area contributed by atoms with Crippen LogP contribution in [0.1, 0.15) is 52.4 Å². The van der Waals surface area contributed by atoms with Gasteiger partial charge in [0.2, 0.25) is 0 Å². The van der Waals surface area contributed by atoms with Gasteiger partial charge in [-0.1, -0.05) is 50.5 Å². The van der Waals surface area contributed by atoms with Gasteiger partial charge in [-0.3, -0.25) is 4.79 Å². The molecule has 0 rings (SSSR count). The van der Waals surface area contributed by atoms with Gasteiger partial charge in [0.15, 0.2) is 0 Å². The van der Waals surface area contributed by atoms with Crippen LogP contribution in [-0.4, -0.2) is 12.6 Å². The molecule has 0 amide bonds. The van der Waals surface area contributed by atoms with E-state index in [4.69, 9.17) is 4.74 Å². The van der Waals surface area contributed by atoms with E-state index in [1.54, 1.807) is 0 Å². The van der Waals surface area contributed by atoms with Crippen LogP contribution in [0.2, 0.25) is 0 Å². The summed E-state index contributed by atoms with van der Waals surface area (Å²) in [5, 5.41) is 0. The Balaban J connectivity index is 3.24. The Labute approximate surface area is 99.4 Å². The van der Waals surface area contributed by atoms with E-state index < -0.39 is 0 Å². The van der Waals surface area contributed by atoms with Crippen molar-refractivity contribution < 1.29 is 9.53 Å². The lowest BCUT2D eigenvalue weighted by atomic mass is 10.1. The fourth-order valence-electron chi connectivity index (χ4n) is 1.31. The highest BCUT2D eigenvalue weighted by Gasteiger charge is 1.87. The highest BCUT2D eigenvalue weighted by molar-refractivity contribution is 5.65. The number of allylic oxidation sites excluding steroid dienone is 3. The van der Waals surface area contributed by atoms with Gasteiger partial charge in [0.05, 0.1) is 6.61 Å². The molecule has 0 aliphatic heterocycles. The zero-order chi connectivity index (χ0) is 12.1. The second kappa shape index (κ2) is 12.0. The summed E-state index contributed by atoms with van der Waals surface area (Å²) in [7, 11) is 0. The molecule has 0 saturated heterocycles. The van der Waals surface area contributed by atoms with Gasteiger partial charge in [-0.2, -0.15) is 0 Å². The number of carbonyl (C=O) groups is 1. The Bertz CT molecular complexity index is 217. The molecule has 0 aliphatic carbocycles. The highest BCUT2D eigenvalue weighted by atomic mass is 16.5. The van der Waals surface area contributed by atoms with Crippen molar-refractivity contribution in [1.82, 2.24) is 0 Å². The third kappa shape index (κ3) is 12.9. The van der Waals surface area contributed by atoms with Gasteiger partial charge in [-0.25, -0.2) is 0 Å². The molecule has 0 aromatic heterocycles. The number of ether oxygens (including phenoxy) is 1. The van der Waals surface area contributed by atoms with Crippen LogP contribution in [0.15, 0.2) is 24.3 Å². The summed E-state index contributed by atoms with van der Waals surface area (Å²) < 4.78 is 4.80. The Morgan fingerprint density at radius 2 is 1.75 bits per heavy atom. The Morgan fingerprint density at radius 3 is 2.38 bits per heavy atom. The Morgan fingerprint density at radius 1 is 1.06 bits per heavy atom. The van der Waals surface area contributed by atoms with Gasteiger partial charge in [-0.05, 0) is 19.3 Å². The maximum Gasteiger partial charge on any atom is 0.302 e. The zero-order valence-electron chi connectivity index (χ0n) is 10.6. The van der Waals surface area contributed by atoms with E-state index in [0.717, 1.165) is 12.8 Å². The second-order valence-corrected chi connectivity index (χ2v) is 3.83. The largest absolute Gasteiger partial charge is 0.466 e. The minimum atomic E-state index is -0.208. The lowest BCUT2D eigenvalue weighted by Gasteiger charge is -1.95. The van der Waals surface area contributed by atoms with Gasteiger partial charge >= 0.3 is 5.97 Å².